The van der Waals surface area contributed by atoms with E-state index in [4.69, 9.17) is 9.47 Å². The van der Waals surface area contributed by atoms with Gasteiger partial charge in [0.15, 0.2) is 0 Å². The third-order valence-corrected chi connectivity index (χ3v) is 4.37. The molecule has 3 heteroatoms. The second kappa shape index (κ2) is 8.93. The second-order valence-corrected chi connectivity index (χ2v) is 6.26. The van der Waals surface area contributed by atoms with Crippen molar-refractivity contribution >= 4 is 0 Å². The summed E-state index contributed by atoms with van der Waals surface area (Å²) in [5.41, 5.74) is 0.0513. The van der Waals surface area contributed by atoms with Gasteiger partial charge in [0, 0.05) is 13.2 Å². The first-order chi connectivity index (χ1) is 9.13. The van der Waals surface area contributed by atoms with Crippen LogP contribution in [0.3, 0.4) is 0 Å². The van der Waals surface area contributed by atoms with Crippen molar-refractivity contribution in [2.24, 2.45) is 11.8 Å². The maximum Gasteiger partial charge on any atom is 0.0807 e. The van der Waals surface area contributed by atoms with Crippen LogP contribution in [-0.4, -0.2) is 39.0 Å². The Morgan fingerprint density at radius 3 is 2.37 bits per heavy atom. The summed E-state index contributed by atoms with van der Waals surface area (Å²) in [5, 5.41) is 3.31. The molecule has 0 heterocycles. The Hall–Kier alpha value is -0.120. The molecule has 0 saturated heterocycles. The number of ether oxygens (including phenoxy) is 2. The van der Waals surface area contributed by atoms with Crippen LogP contribution in [0.2, 0.25) is 0 Å². The Kier molecular flexibility index (Phi) is 7.96. The van der Waals surface area contributed by atoms with Gasteiger partial charge in [-0.25, -0.2) is 0 Å². The van der Waals surface area contributed by atoms with E-state index in [-0.39, 0.29) is 5.60 Å². The minimum Gasteiger partial charge on any atom is -0.379 e. The van der Waals surface area contributed by atoms with Crippen LogP contribution >= 0.6 is 0 Å². The van der Waals surface area contributed by atoms with Crippen LogP contribution in [0.4, 0.5) is 0 Å². The fourth-order valence-corrected chi connectivity index (χ4v) is 3.09. The van der Waals surface area contributed by atoms with Crippen molar-refractivity contribution in [3.63, 3.8) is 0 Å². The molecule has 0 spiro atoms. The molecule has 1 aliphatic rings. The van der Waals surface area contributed by atoms with Gasteiger partial charge in [0.1, 0.15) is 0 Å². The zero-order valence-electron chi connectivity index (χ0n) is 13.3. The first-order valence-corrected chi connectivity index (χ1v) is 8.00. The van der Waals surface area contributed by atoms with Crippen LogP contribution in [0.15, 0.2) is 0 Å². The maximum atomic E-state index is 6.20. The van der Waals surface area contributed by atoms with Crippen molar-refractivity contribution in [2.75, 3.05) is 33.4 Å². The number of hydrogen-bond donors (Lipinski definition) is 1. The fraction of sp³-hybridized carbons (Fsp3) is 1.00. The van der Waals surface area contributed by atoms with Crippen LogP contribution in [0, 0.1) is 11.8 Å². The van der Waals surface area contributed by atoms with E-state index in [0.29, 0.717) is 0 Å². The van der Waals surface area contributed by atoms with Gasteiger partial charge in [-0.15, -0.1) is 0 Å². The summed E-state index contributed by atoms with van der Waals surface area (Å²) in [6.45, 7) is 10.1. The maximum absolute atomic E-state index is 6.20. The topological polar surface area (TPSA) is 30.5 Å². The Morgan fingerprint density at radius 1 is 1.16 bits per heavy atom. The zero-order chi connectivity index (χ0) is 14.1. The highest BCUT2D eigenvalue weighted by molar-refractivity contribution is 4.89. The molecule has 1 saturated carbocycles. The minimum atomic E-state index is 0.0513. The SMILES string of the molecule is CCCOCCOC1(CNC)CCC(C(C)C)CC1. The van der Waals surface area contributed by atoms with Crippen LogP contribution < -0.4 is 5.32 Å². The largest absolute Gasteiger partial charge is 0.379 e. The van der Waals surface area contributed by atoms with Gasteiger partial charge in [-0.2, -0.15) is 0 Å². The molecule has 1 aliphatic carbocycles. The summed E-state index contributed by atoms with van der Waals surface area (Å²) < 4.78 is 11.7. The molecule has 0 atom stereocenters. The van der Waals surface area contributed by atoms with Gasteiger partial charge < -0.3 is 14.8 Å². The number of nitrogens with one attached hydrogen (secondary N) is 1. The molecule has 0 aromatic rings. The lowest BCUT2D eigenvalue weighted by Crippen LogP contribution is -2.46. The Bertz CT molecular complexity index is 223. The van der Waals surface area contributed by atoms with Gasteiger partial charge in [0.05, 0.1) is 18.8 Å². The summed E-state index contributed by atoms with van der Waals surface area (Å²) in [7, 11) is 2.02. The molecule has 0 amide bonds. The Balaban J connectivity index is 2.34. The van der Waals surface area contributed by atoms with Crippen molar-refractivity contribution in [2.45, 2.75) is 58.5 Å². The normalized spacial score (nSPS) is 27.9. The number of hydrogen-bond acceptors (Lipinski definition) is 3. The van der Waals surface area contributed by atoms with Gasteiger partial charge in [-0.05, 0) is 51.0 Å². The van der Waals surface area contributed by atoms with Crippen molar-refractivity contribution in [3.05, 3.63) is 0 Å². The van der Waals surface area contributed by atoms with E-state index in [1.54, 1.807) is 0 Å². The third kappa shape index (κ3) is 5.80. The molecule has 1 N–H and O–H groups in total. The van der Waals surface area contributed by atoms with Gasteiger partial charge in [0.25, 0.3) is 0 Å². The van der Waals surface area contributed by atoms with Crippen LogP contribution in [0.25, 0.3) is 0 Å². The van der Waals surface area contributed by atoms with Crippen molar-refractivity contribution in [1.29, 1.82) is 0 Å². The molecule has 3 nitrogen and oxygen atoms in total. The minimum absolute atomic E-state index is 0.0513. The van der Waals surface area contributed by atoms with E-state index in [2.05, 4.69) is 26.1 Å². The van der Waals surface area contributed by atoms with Crippen molar-refractivity contribution < 1.29 is 9.47 Å². The van der Waals surface area contributed by atoms with Crippen LogP contribution in [-0.2, 0) is 9.47 Å². The lowest BCUT2D eigenvalue weighted by molar-refractivity contribution is -0.0942. The van der Waals surface area contributed by atoms with E-state index < -0.39 is 0 Å². The molecule has 0 aliphatic heterocycles. The predicted molar refractivity (Wildman–Crippen MR) is 80.5 cm³/mol. The van der Waals surface area contributed by atoms with E-state index in [1.807, 2.05) is 7.05 Å². The lowest BCUT2D eigenvalue weighted by Gasteiger charge is -2.41. The summed E-state index contributed by atoms with van der Waals surface area (Å²) >= 11 is 0. The van der Waals surface area contributed by atoms with Gasteiger partial charge in [0.2, 0.25) is 0 Å². The zero-order valence-corrected chi connectivity index (χ0v) is 13.3. The van der Waals surface area contributed by atoms with E-state index >= 15 is 0 Å². The molecule has 0 radical (unpaired) electrons. The molecular weight excluding hydrogens is 238 g/mol. The number of likely N-dealkylation sites (N-methyl/N-ethyl adjacent to an activating group) is 1. The molecular formula is C16H33NO2. The van der Waals surface area contributed by atoms with E-state index in [0.717, 1.165) is 44.6 Å². The first kappa shape index (κ1) is 16.9. The Morgan fingerprint density at radius 2 is 1.84 bits per heavy atom. The highest BCUT2D eigenvalue weighted by atomic mass is 16.5. The molecule has 1 fully saturated rings. The highest BCUT2D eigenvalue weighted by Gasteiger charge is 2.36. The Labute approximate surface area is 119 Å². The van der Waals surface area contributed by atoms with E-state index in [9.17, 15) is 0 Å². The summed E-state index contributed by atoms with van der Waals surface area (Å²) in [5.74, 6) is 1.69. The van der Waals surface area contributed by atoms with Crippen molar-refractivity contribution in [1.82, 2.24) is 5.32 Å². The molecule has 114 valence electrons. The van der Waals surface area contributed by atoms with Crippen molar-refractivity contribution in [3.8, 4) is 0 Å². The standard InChI is InChI=1S/C16H33NO2/c1-5-10-18-11-12-19-16(13-17-4)8-6-15(7-9-16)14(2)3/h14-15,17H,5-13H2,1-4H3. The third-order valence-electron chi connectivity index (χ3n) is 4.37. The van der Waals surface area contributed by atoms with Crippen LogP contribution in [0.1, 0.15) is 52.9 Å². The molecule has 0 unspecified atom stereocenters. The molecule has 0 aromatic carbocycles. The average molecular weight is 271 g/mol. The quantitative estimate of drug-likeness (QED) is 0.653. The van der Waals surface area contributed by atoms with Gasteiger partial charge in [-0.3, -0.25) is 0 Å². The summed E-state index contributed by atoms with van der Waals surface area (Å²) in [6.07, 6.45) is 6.05. The second-order valence-electron chi connectivity index (χ2n) is 6.26. The summed E-state index contributed by atoms with van der Waals surface area (Å²) in [6, 6.07) is 0. The highest BCUT2D eigenvalue weighted by Crippen LogP contribution is 2.37. The number of rotatable bonds is 9. The average Bonchev–Trinajstić information content (AvgIpc) is 2.39. The molecule has 0 bridgehead atoms. The monoisotopic (exact) mass is 271 g/mol. The van der Waals surface area contributed by atoms with Gasteiger partial charge in [-0.1, -0.05) is 20.8 Å². The molecule has 19 heavy (non-hydrogen) atoms. The lowest BCUT2D eigenvalue weighted by atomic mass is 9.74. The van der Waals surface area contributed by atoms with Gasteiger partial charge >= 0.3 is 0 Å². The summed E-state index contributed by atoms with van der Waals surface area (Å²) in [4.78, 5) is 0. The predicted octanol–water partition coefficient (Wildman–Crippen LogP) is 3.23. The first-order valence-electron chi connectivity index (χ1n) is 8.00. The fourth-order valence-electron chi connectivity index (χ4n) is 3.09. The molecule has 1 rings (SSSR count). The van der Waals surface area contributed by atoms with Crippen LogP contribution in [0.5, 0.6) is 0 Å². The molecule has 0 aromatic heterocycles. The van der Waals surface area contributed by atoms with E-state index in [1.165, 1.54) is 25.7 Å². The smallest absolute Gasteiger partial charge is 0.0807 e.